The zero-order valence-electron chi connectivity index (χ0n) is 20.5. The van der Waals surface area contributed by atoms with E-state index in [0.717, 1.165) is 41.5 Å². The smallest absolute Gasteiger partial charge is 0.127 e. The number of hydrogen-bond donors (Lipinski definition) is 0. The van der Waals surface area contributed by atoms with Gasteiger partial charge in [0, 0.05) is 28.6 Å². The van der Waals surface area contributed by atoms with Gasteiger partial charge in [-0.1, -0.05) is 51.3 Å². The van der Waals surface area contributed by atoms with Crippen LogP contribution in [-0.2, 0) is 19.4 Å². The van der Waals surface area contributed by atoms with Crippen LogP contribution in [0.4, 0.5) is 0 Å². The molecule has 1 aromatic heterocycles. The Hall–Kier alpha value is -2.16. The van der Waals surface area contributed by atoms with Crippen LogP contribution < -0.4 is 4.74 Å². The fraction of sp³-hybridized carbons (Fsp3) is 0.586. The van der Waals surface area contributed by atoms with Crippen molar-refractivity contribution in [3.05, 3.63) is 46.6 Å². The molecular weight excluding hydrogens is 392 g/mol. The lowest BCUT2D eigenvalue weighted by Crippen LogP contribution is -2.26. The zero-order chi connectivity index (χ0) is 22.5. The van der Waals surface area contributed by atoms with Crippen molar-refractivity contribution in [1.82, 2.24) is 4.98 Å². The third-order valence-electron chi connectivity index (χ3n) is 7.80. The highest BCUT2D eigenvalue weighted by molar-refractivity contribution is 5.87. The molecule has 4 rings (SSSR count). The Labute approximate surface area is 194 Å². The summed E-state index contributed by atoms with van der Waals surface area (Å²) < 4.78 is 5.89. The Morgan fingerprint density at radius 1 is 1.00 bits per heavy atom. The average molecular weight is 433 g/mol. The number of pyridine rings is 1. The molecule has 0 radical (unpaired) electrons. The van der Waals surface area contributed by atoms with E-state index in [1.807, 2.05) is 0 Å². The van der Waals surface area contributed by atoms with Crippen LogP contribution >= 0.6 is 0 Å². The maximum Gasteiger partial charge on any atom is 0.127 e. The summed E-state index contributed by atoms with van der Waals surface area (Å²) in [5.41, 5.74) is 8.69. The van der Waals surface area contributed by atoms with Crippen LogP contribution in [0.5, 0.6) is 5.75 Å². The molecule has 1 atom stereocenters. The summed E-state index contributed by atoms with van der Waals surface area (Å²) in [5.74, 6) is 2.52. The van der Waals surface area contributed by atoms with Gasteiger partial charge in [0.05, 0.1) is 19.3 Å². The minimum atomic E-state index is 0.691. The molecule has 1 heterocycles. The molecule has 32 heavy (non-hydrogen) atoms. The molecule has 3 heteroatoms. The van der Waals surface area contributed by atoms with E-state index in [1.165, 1.54) is 73.8 Å². The van der Waals surface area contributed by atoms with Gasteiger partial charge in [-0.25, -0.2) is 0 Å². The topological polar surface area (TPSA) is 34.5 Å². The van der Waals surface area contributed by atoms with Gasteiger partial charge in [0.25, 0.3) is 0 Å². The molecule has 0 amide bonds. The SMILES string of the molecule is CCc1cccc(CC)c1-c1cc(OC)c(CN=C2CCCCC2C2CCCC2)c(C)n1. The molecule has 0 spiro atoms. The highest BCUT2D eigenvalue weighted by atomic mass is 16.5. The molecule has 1 aromatic carbocycles. The van der Waals surface area contributed by atoms with Gasteiger partial charge in [0.15, 0.2) is 0 Å². The van der Waals surface area contributed by atoms with Crippen molar-refractivity contribution >= 4 is 5.71 Å². The molecule has 0 N–H and O–H groups in total. The molecule has 2 saturated carbocycles. The van der Waals surface area contributed by atoms with Crippen LogP contribution in [0.1, 0.15) is 87.6 Å². The Morgan fingerprint density at radius 2 is 1.69 bits per heavy atom. The lowest BCUT2D eigenvalue weighted by Gasteiger charge is -2.29. The average Bonchev–Trinajstić information content (AvgIpc) is 3.37. The Morgan fingerprint density at radius 3 is 2.34 bits per heavy atom. The van der Waals surface area contributed by atoms with Crippen molar-refractivity contribution in [2.24, 2.45) is 16.8 Å². The third-order valence-corrected chi connectivity index (χ3v) is 7.80. The first kappa shape index (κ1) is 23.0. The Balaban J connectivity index is 1.66. The minimum absolute atomic E-state index is 0.691. The first-order valence-corrected chi connectivity index (χ1v) is 12.8. The van der Waals surface area contributed by atoms with E-state index in [1.54, 1.807) is 7.11 Å². The predicted octanol–water partition coefficient (Wildman–Crippen LogP) is 7.51. The van der Waals surface area contributed by atoms with Gasteiger partial charge in [-0.3, -0.25) is 9.98 Å². The number of benzene rings is 1. The third kappa shape index (κ3) is 4.77. The maximum atomic E-state index is 5.89. The molecule has 2 aromatic rings. The number of aliphatic imine (C=N–C) groups is 1. The van der Waals surface area contributed by atoms with E-state index in [2.05, 4.69) is 45.0 Å². The molecule has 3 nitrogen and oxygen atoms in total. The van der Waals surface area contributed by atoms with Crippen molar-refractivity contribution in [2.45, 2.75) is 91.5 Å². The molecule has 2 aliphatic carbocycles. The fourth-order valence-corrected chi connectivity index (χ4v) is 6.01. The standard InChI is InChI=1S/C29H40N2O/c1-5-21-14-11-15-22(6-2)29(21)27-18-28(32-4)25(20(3)31-27)19-30-26-17-10-9-16-24(26)23-12-7-8-13-23/h11,14-15,18,23-24H,5-10,12-13,16-17,19H2,1-4H3. The molecule has 0 aliphatic heterocycles. The first-order chi connectivity index (χ1) is 15.7. The molecule has 0 saturated heterocycles. The summed E-state index contributed by atoms with van der Waals surface area (Å²) in [6, 6.07) is 8.76. The second-order valence-electron chi connectivity index (χ2n) is 9.64. The first-order valence-electron chi connectivity index (χ1n) is 12.8. The second-order valence-corrected chi connectivity index (χ2v) is 9.64. The van der Waals surface area contributed by atoms with E-state index < -0.39 is 0 Å². The number of aryl methyl sites for hydroxylation is 3. The van der Waals surface area contributed by atoms with Gasteiger partial charge < -0.3 is 4.74 Å². The van der Waals surface area contributed by atoms with Crippen LogP contribution in [0.3, 0.4) is 0 Å². The Bertz CT molecular complexity index is 934. The number of methoxy groups -OCH3 is 1. The van der Waals surface area contributed by atoms with Crippen molar-refractivity contribution in [3.63, 3.8) is 0 Å². The van der Waals surface area contributed by atoms with Gasteiger partial charge in [-0.15, -0.1) is 0 Å². The van der Waals surface area contributed by atoms with Gasteiger partial charge in [0.2, 0.25) is 0 Å². The summed E-state index contributed by atoms with van der Waals surface area (Å²) in [7, 11) is 1.78. The minimum Gasteiger partial charge on any atom is -0.496 e. The van der Waals surface area contributed by atoms with Crippen molar-refractivity contribution in [1.29, 1.82) is 0 Å². The van der Waals surface area contributed by atoms with E-state index in [0.29, 0.717) is 12.5 Å². The predicted molar refractivity (Wildman–Crippen MR) is 135 cm³/mol. The van der Waals surface area contributed by atoms with Crippen molar-refractivity contribution in [3.8, 4) is 17.0 Å². The fourth-order valence-electron chi connectivity index (χ4n) is 6.01. The quantitative estimate of drug-likeness (QED) is 0.453. The second kappa shape index (κ2) is 10.6. The highest BCUT2D eigenvalue weighted by Crippen LogP contribution is 2.39. The molecule has 0 bridgehead atoms. The monoisotopic (exact) mass is 432 g/mol. The zero-order valence-corrected chi connectivity index (χ0v) is 20.5. The highest BCUT2D eigenvalue weighted by Gasteiger charge is 2.30. The number of ether oxygens (including phenoxy) is 1. The van der Waals surface area contributed by atoms with E-state index in [4.69, 9.17) is 14.7 Å². The van der Waals surface area contributed by atoms with Gasteiger partial charge in [0.1, 0.15) is 5.75 Å². The van der Waals surface area contributed by atoms with E-state index in [-0.39, 0.29) is 0 Å². The Kier molecular flexibility index (Phi) is 7.65. The lowest BCUT2D eigenvalue weighted by atomic mass is 9.77. The molecule has 172 valence electrons. The van der Waals surface area contributed by atoms with Crippen LogP contribution in [0, 0.1) is 18.8 Å². The largest absolute Gasteiger partial charge is 0.496 e. The number of hydrogen-bond acceptors (Lipinski definition) is 3. The number of nitrogens with zero attached hydrogens (tertiary/aromatic N) is 2. The molecular formula is C29H40N2O. The molecule has 2 aliphatic rings. The van der Waals surface area contributed by atoms with Crippen LogP contribution in [0.25, 0.3) is 11.3 Å². The van der Waals surface area contributed by atoms with Crippen molar-refractivity contribution < 1.29 is 4.74 Å². The van der Waals surface area contributed by atoms with Crippen molar-refractivity contribution in [2.75, 3.05) is 7.11 Å². The van der Waals surface area contributed by atoms with E-state index in [9.17, 15) is 0 Å². The number of rotatable bonds is 7. The summed E-state index contributed by atoms with van der Waals surface area (Å²) in [6.07, 6.45) is 12.8. The maximum absolute atomic E-state index is 5.89. The summed E-state index contributed by atoms with van der Waals surface area (Å²) >= 11 is 0. The molecule has 1 unspecified atom stereocenters. The molecule has 2 fully saturated rings. The summed E-state index contributed by atoms with van der Waals surface area (Å²) in [5, 5.41) is 0. The summed E-state index contributed by atoms with van der Waals surface area (Å²) in [4.78, 5) is 10.3. The van der Waals surface area contributed by atoms with Crippen LogP contribution in [0.15, 0.2) is 29.3 Å². The van der Waals surface area contributed by atoms with E-state index >= 15 is 0 Å². The van der Waals surface area contributed by atoms with Gasteiger partial charge >= 0.3 is 0 Å². The lowest BCUT2D eigenvalue weighted by molar-refractivity contribution is 0.370. The normalized spacial score (nSPS) is 20.8. The van der Waals surface area contributed by atoms with Crippen LogP contribution in [-0.4, -0.2) is 17.8 Å². The van der Waals surface area contributed by atoms with Gasteiger partial charge in [-0.2, -0.15) is 0 Å². The van der Waals surface area contributed by atoms with Gasteiger partial charge in [-0.05, 0) is 74.8 Å². The summed E-state index contributed by atoms with van der Waals surface area (Å²) in [6.45, 7) is 7.25. The van der Waals surface area contributed by atoms with Crippen LogP contribution in [0.2, 0.25) is 0 Å². The number of aromatic nitrogens is 1.